The van der Waals surface area contributed by atoms with Crippen LogP contribution in [0.15, 0.2) is 48.5 Å². The summed E-state index contributed by atoms with van der Waals surface area (Å²) in [6.45, 7) is 11.6. The number of aliphatic carboxylic acids is 1. The Morgan fingerprint density at radius 3 is 2.05 bits per heavy atom. The van der Waals surface area contributed by atoms with Gasteiger partial charge in [-0.15, -0.1) is 0 Å². The van der Waals surface area contributed by atoms with Gasteiger partial charge < -0.3 is 21.1 Å². The molecular formula is C31H43N3O4. The lowest BCUT2D eigenvalue weighted by molar-refractivity contribution is -0.138. The van der Waals surface area contributed by atoms with Crippen LogP contribution in [0.4, 0.5) is 10.5 Å². The number of hydrogen-bond donors (Lipinski definition) is 3. The number of nitrogens with zero attached hydrogens (tertiary/aromatic N) is 1. The third-order valence-electron chi connectivity index (χ3n) is 7.80. The average Bonchev–Trinajstić information content (AvgIpc) is 2.87. The highest BCUT2D eigenvalue weighted by Crippen LogP contribution is 2.39. The largest absolute Gasteiger partial charge is 0.480 e. The molecule has 2 aromatic carbocycles. The minimum absolute atomic E-state index is 0.124. The van der Waals surface area contributed by atoms with Crippen LogP contribution in [-0.2, 0) is 11.3 Å². The normalized spacial score (nSPS) is 18.6. The van der Waals surface area contributed by atoms with Crippen LogP contribution in [0.3, 0.4) is 0 Å². The van der Waals surface area contributed by atoms with Crippen LogP contribution in [0, 0.1) is 11.3 Å². The summed E-state index contributed by atoms with van der Waals surface area (Å²) < 4.78 is 0. The van der Waals surface area contributed by atoms with Crippen molar-refractivity contribution in [1.82, 2.24) is 4.90 Å². The van der Waals surface area contributed by atoms with Gasteiger partial charge in [-0.3, -0.25) is 9.59 Å². The van der Waals surface area contributed by atoms with Crippen molar-refractivity contribution >= 4 is 23.5 Å². The molecule has 206 valence electrons. The molecule has 7 heteroatoms. The first-order valence-electron chi connectivity index (χ1n) is 13.6. The molecule has 1 saturated carbocycles. The minimum atomic E-state index is -1.22. The van der Waals surface area contributed by atoms with Gasteiger partial charge in [0.1, 0.15) is 6.04 Å². The zero-order valence-corrected chi connectivity index (χ0v) is 23.4. The van der Waals surface area contributed by atoms with Gasteiger partial charge in [-0.05, 0) is 66.2 Å². The Bertz CT molecular complexity index is 1100. The van der Waals surface area contributed by atoms with Crippen LogP contribution < -0.4 is 11.1 Å². The lowest BCUT2D eigenvalue weighted by Gasteiger charge is -2.41. The number of nitrogens with one attached hydrogen (secondary N) is 1. The first-order chi connectivity index (χ1) is 17.8. The number of ketones is 1. The number of anilines is 1. The van der Waals surface area contributed by atoms with E-state index in [0.717, 1.165) is 36.9 Å². The number of nitrogens with two attached hydrogens (primary N) is 1. The van der Waals surface area contributed by atoms with Crippen LogP contribution in [0.25, 0.3) is 0 Å². The summed E-state index contributed by atoms with van der Waals surface area (Å²) in [4.78, 5) is 38.9. The van der Waals surface area contributed by atoms with E-state index in [1.54, 1.807) is 12.1 Å². The zero-order chi connectivity index (χ0) is 28.0. The van der Waals surface area contributed by atoms with Gasteiger partial charge in [-0.1, -0.05) is 71.0 Å². The van der Waals surface area contributed by atoms with E-state index in [1.165, 1.54) is 5.56 Å². The Labute approximate surface area is 226 Å². The molecule has 4 N–H and O–H groups in total. The highest BCUT2D eigenvalue weighted by Gasteiger charge is 2.33. The lowest BCUT2D eigenvalue weighted by atomic mass is 9.71. The second kappa shape index (κ2) is 12.6. The molecule has 1 fully saturated rings. The molecule has 3 rings (SSSR count). The van der Waals surface area contributed by atoms with E-state index in [2.05, 4.69) is 39.9 Å². The Balaban J connectivity index is 1.75. The summed E-state index contributed by atoms with van der Waals surface area (Å²) in [5.41, 5.74) is 9.08. The quantitative estimate of drug-likeness (QED) is 0.329. The monoisotopic (exact) mass is 521 g/mol. The molecule has 1 aliphatic carbocycles. The number of amides is 2. The molecular weight excluding hydrogens is 478 g/mol. The van der Waals surface area contributed by atoms with Crippen molar-refractivity contribution in [3.05, 3.63) is 65.2 Å². The van der Waals surface area contributed by atoms with Gasteiger partial charge in [0.05, 0.1) is 0 Å². The number of benzene rings is 2. The fourth-order valence-corrected chi connectivity index (χ4v) is 5.16. The van der Waals surface area contributed by atoms with Crippen molar-refractivity contribution < 1.29 is 19.5 Å². The van der Waals surface area contributed by atoms with Gasteiger partial charge in [0.15, 0.2) is 5.78 Å². The highest BCUT2D eigenvalue weighted by atomic mass is 16.4. The Morgan fingerprint density at radius 2 is 1.55 bits per heavy atom. The molecule has 2 aromatic rings. The summed E-state index contributed by atoms with van der Waals surface area (Å²) >= 11 is 0. The van der Waals surface area contributed by atoms with E-state index in [1.807, 2.05) is 41.3 Å². The van der Waals surface area contributed by atoms with Crippen molar-refractivity contribution in [2.45, 2.75) is 91.3 Å². The summed E-state index contributed by atoms with van der Waals surface area (Å²) in [5, 5.41) is 12.1. The number of carbonyl (C=O) groups is 3. The number of hydrogen-bond acceptors (Lipinski definition) is 4. The molecule has 2 amide bonds. The number of carboxylic acid groups (broad SMARTS) is 1. The molecule has 0 aromatic heterocycles. The van der Waals surface area contributed by atoms with Crippen LogP contribution in [0.2, 0.25) is 0 Å². The molecule has 1 unspecified atom stereocenters. The number of carbonyl (C=O) groups excluding carboxylic acids is 2. The fraction of sp³-hybridized carbons (Fsp3) is 0.516. The topological polar surface area (TPSA) is 113 Å². The Kier molecular flexibility index (Phi) is 9.71. The molecule has 7 nitrogen and oxygen atoms in total. The lowest BCUT2D eigenvalue weighted by Crippen LogP contribution is -2.45. The fourth-order valence-electron chi connectivity index (χ4n) is 5.16. The van der Waals surface area contributed by atoms with Crippen molar-refractivity contribution in [2.75, 3.05) is 5.32 Å². The second-order valence-electron chi connectivity index (χ2n) is 12.0. The maximum Gasteiger partial charge on any atom is 0.322 e. The van der Waals surface area contributed by atoms with E-state index in [0.29, 0.717) is 23.9 Å². The first-order valence-corrected chi connectivity index (χ1v) is 13.6. The average molecular weight is 522 g/mol. The van der Waals surface area contributed by atoms with E-state index in [-0.39, 0.29) is 29.7 Å². The molecule has 0 heterocycles. The van der Waals surface area contributed by atoms with Gasteiger partial charge >= 0.3 is 12.0 Å². The predicted octanol–water partition coefficient (Wildman–Crippen LogP) is 6.43. The molecule has 38 heavy (non-hydrogen) atoms. The third-order valence-corrected chi connectivity index (χ3v) is 7.80. The van der Waals surface area contributed by atoms with Crippen molar-refractivity contribution in [3.63, 3.8) is 0 Å². The Hall–Kier alpha value is -3.19. The molecule has 0 radical (unpaired) electrons. The number of rotatable bonds is 9. The smallest absolute Gasteiger partial charge is 0.322 e. The predicted molar refractivity (Wildman–Crippen MR) is 151 cm³/mol. The van der Waals surface area contributed by atoms with E-state index >= 15 is 0 Å². The summed E-state index contributed by atoms with van der Waals surface area (Å²) in [6, 6.07) is 13.8. The molecule has 0 spiro atoms. The second-order valence-corrected chi connectivity index (χ2v) is 12.0. The molecule has 1 atom stereocenters. The van der Waals surface area contributed by atoms with E-state index in [9.17, 15) is 14.4 Å². The van der Waals surface area contributed by atoms with Gasteiger partial charge in [0, 0.05) is 30.3 Å². The van der Waals surface area contributed by atoms with Gasteiger partial charge in [-0.2, -0.15) is 0 Å². The Morgan fingerprint density at radius 1 is 0.974 bits per heavy atom. The number of carboxylic acids is 1. The van der Waals surface area contributed by atoms with Gasteiger partial charge in [0.25, 0.3) is 0 Å². The van der Waals surface area contributed by atoms with Crippen LogP contribution >= 0.6 is 0 Å². The summed E-state index contributed by atoms with van der Waals surface area (Å²) in [5.74, 6) is -0.457. The zero-order valence-electron chi connectivity index (χ0n) is 23.4. The van der Waals surface area contributed by atoms with Crippen molar-refractivity contribution in [3.8, 4) is 0 Å². The molecule has 0 bridgehead atoms. The van der Waals surface area contributed by atoms with Crippen LogP contribution in [-0.4, -0.2) is 39.9 Å². The maximum absolute atomic E-state index is 13.6. The summed E-state index contributed by atoms with van der Waals surface area (Å²) in [6.07, 6.45) is 3.81. The van der Waals surface area contributed by atoms with Crippen LogP contribution in [0.1, 0.15) is 94.1 Å². The van der Waals surface area contributed by atoms with Crippen molar-refractivity contribution in [2.24, 2.45) is 17.1 Å². The standard InChI is InChI=1S/C31H43N3O4/c1-20(2)22-10-14-25(15-11-22)33-30(38)34(26-16-12-24(13-17-26)31(3,4)5)19-21-6-8-23(9-7-21)28(35)18-27(32)29(36)37/h6-11,14-15,20,24,26-27H,12-13,16-19,32H2,1-5H3,(H,33,38)(H,36,37). The summed E-state index contributed by atoms with van der Waals surface area (Å²) in [7, 11) is 0. The van der Waals surface area contributed by atoms with Gasteiger partial charge in [-0.25, -0.2) is 4.79 Å². The molecule has 1 aliphatic rings. The van der Waals surface area contributed by atoms with E-state index < -0.39 is 12.0 Å². The highest BCUT2D eigenvalue weighted by molar-refractivity contribution is 5.98. The molecule has 0 aliphatic heterocycles. The maximum atomic E-state index is 13.6. The first kappa shape index (κ1) is 29.4. The number of urea groups is 1. The number of Topliss-reactive ketones (excluding diaryl/α,β-unsaturated/α-hetero) is 1. The van der Waals surface area contributed by atoms with Gasteiger partial charge in [0.2, 0.25) is 0 Å². The molecule has 0 saturated heterocycles. The van der Waals surface area contributed by atoms with E-state index in [4.69, 9.17) is 10.8 Å². The minimum Gasteiger partial charge on any atom is -0.480 e. The van der Waals surface area contributed by atoms with Crippen LogP contribution in [0.5, 0.6) is 0 Å². The third kappa shape index (κ3) is 7.90. The van der Waals surface area contributed by atoms with Crippen molar-refractivity contribution in [1.29, 1.82) is 0 Å². The SMILES string of the molecule is CC(C)c1ccc(NC(=O)N(Cc2ccc(C(=O)CC(N)C(=O)O)cc2)C2CCC(C(C)(C)C)CC2)cc1.